The average molecular weight is 207 g/mol. The Morgan fingerprint density at radius 1 is 1.33 bits per heavy atom. The number of aromatic nitrogens is 1. The summed E-state index contributed by atoms with van der Waals surface area (Å²) in [7, 11) is 0. The van der Waals surface area contributed by atoms with E-state index >= 15 is 0 Å². The highest BCUT2D eigenvalue weighted by Gasteiger charge is 2.30. The lowest BCUT2D eigenvalue weighted by Crippen LogP contribution is -2.26. The van der Waals surface area contributed by atoms with E-state index < -0.39 is 5.60 Å². The number of pyridine rings is 1. The molecular weight excluding hydrogens is 190 g/mol. The summed E-state index contributed by atoms with van der Waals surface area (Å²) < 4.78 is 5.35. The topological polar surface area (TPSA) is 42.4 Å². The van der Waals surface area contributed by atoms with E-state index in [1.807, 2.05) is 19.1 Å². The van der Waals surface area contributed by atoms with Crippen molar-refractivity contribution in [1.82, 2.24) is 4.98 Å². The largest absolute Gasteiger partial charge is 0.385 e. The first-order valence-corrected chi connectivity index (χ1v) is 5.44. The Balaban J connectivity index is 2.22. The van der Waals surface area contributed by atoms with Gasteiger partial charge in [-0.05, 0) is 25.8 Å². The van der Waals surface area contributed by atoms with Crippen LogP contribution in [0.15, 0.2) is 18.3 Å². The third kappa shape index (κ3) is 2.36. The lowest BCUT2D eigenvalue weighted by atomic mass is 9.88. The van der Waals surface area contributed by atoms with Crippen LogP contribution in [0.5, 0.6) is 0 Å². The lowest BCUT2D eigenvalue weighted by Gasteiger charge is -2.26. The molecule has 1 unspecified atom stereocenters. The summed E-state index contributed by atoms with van der Waals surface area (Å²) in [5.74, 6) is 0. The minimum atomic E-state index is -0.739. The van der Waals surface area contributed by atoms with Crippen LogP contribution in [0, 0.1) is 6.92 Å². The number of aryl methyl sites for hydroxylation is 1. The fourth-order valence-corrected chi connectivity index (χ4v) is 1.97. The molecule has 1 aromatic heterocycles. The molecule has 0 bridgehead atoms. The van der Waals surface area contributed by atoms with Gasteiger partial charge >= 0.3 is 0 Å². The monoisotopic (exact) mass is 207 g/mol. The molecule has 1 aromatic rings. The molecule has 0 saturated carbocycles. The Morgan fingerprint density at radius 2 is 2.20 bits per heavy atom. The maximum Gasteiger partial charge on any atom is 0.0934 e. The first-order chi connectivity index (χ1) is 7.21. The first kappa shape index (κ1) is 10.6. The van der Waals surface area contributed by atoms with Crippen molar-refractivity contribution < 1.29 is 9.84 Å². The van der Waals surface area contributed by atoms with Crippen LogP contribution in [0.1, 0.15) is 30.5 Å². The number of hydrogen-bond donors (Lipinski definition) is 1. The number of ether oxygens (including phenoxy) is 1. The maximum absolute atomic E-state index is 10.5. The standard InChI is InChI=1S/C12H17NO2/c1-10-3-4-11(9-13-10)12(14)5-2-7-15-8-6-12/h3-4,9,14H,2,5-8H2,1H3. The van der Waals surface area contributed by atoms with Gasteiger partial charge in [-0.25, -0.2) is 0 Å². The first-order valence-electron chi connectivity index (χ1n) is 5.44. The van der Waals surface area contributed by atoms with E-state index in [2.05, 4.69) is 4.98 Å². The van der Waals surface area contributed by atoms with Crippen molar-refractivity contribution in [3.05, 3.63) is 29.6 Å². The molecule has 1 N–H and O–H groups in total. The number of aliphatic hydroxyl groups is 1. The van der Waals surface area contributed by atoms with Crippen LogP contribution >= 0.6 is 0 Å². The van der Waals surface area contributed by atoms with E-state index in [-0.39, 0.29) is 0 Å². The van der Waals surface area contributed by atoms with E-state index in [1.54, 1.807) is 6.20 Å². The maximum atomic E-state index is 10.5. The molecule has 15 heavy (non-hydrogen) atoms. The molecule has 2 heterocycles. The summed E-state index contributed by atoms with van der Waals surface area (Å²) in [6.45, 7) is 3.33. The van der Waals surface area contributed by atoms with Crippen molar-refractivity contribution in [2.45, 2.75) is 31.8 Å². The second kappa shape index (κ2) is 4.29. The Hall–Kier alpha value is -0.930. The minimum absolute atomic E-state index is 0.629. The van der Waals surface area contributed by atoms with Crippen LogP contribution in [-0.4, -0.2) is 23.3 Å². The zero-order valence-electron chi connectivity index (χ0n) is 9.07. The van der Waals surface area contributed by atoms with Crippen molar-refractivity contribution in [1.29, 1.82) is 0 Å². The second-order valence-corrected chi connectivity index (χ2v) is 4.19. The average Bonchev–Trinajstić information content (AvgIpc) is 2.45. The predicted octanol–water partition coefficient (Wildman–Crippen LogP) is 1.78. The Labute approximate surface area is 90.1 Å². The molecule has 0 radical (unpaired) electrons. The third-order valence-electron chi connectivity index (χ3n) is 2.99. The fraction of sp³-hybridized carbons (Fsp3) is 0.583. The molecule has 1 fully saturated rings. The van der Waals surface area contributed by atoms with E-state index in [0.717, 1.165) is 30.7 Å². The molecule has 0 aliphatic carbocycles. The normalized spacial score (nSPS) is 27.3. The van der Waals surface area contributed by atoms with Gasteiger partial charge in [0.25, 0.3) is 0 Å². The van der Waals surface area contributed by atoms with E-state index in [1.165, 1.54) is 0 Å². The smallest absolute Gasteiger partial charge is 0.0934 e. The van der Waals surface area contributed by atoms with Gasteiger partial charge in [-0.15, -0.1) is 0 Å². The van der Waals surface area contributed by atoms with Gasteiger partial charge in [-0.1, -0.05) is 6.07 Å². The molecule has 1 atom stereocenters. The summed E-state index contributed by atoms with van der Waals surface area (Å²) >= 11 is 0. The third-order valence-corrected chi connectivity index (χ3v) is 2.99. The van der Waals surface area contributed by atoms with Gasteiger partial charge in [0.15, 0.2) is 0 Å². The van der Waals surface area contributed by atoms with Gasteiger partial charge < -0.3 is 9.84 Å². The summed E-state index contributed by atoms with van der Waals surface area (Å²) in [6, 6.07) is 3.91. The van der Waals surface area contributed by atoms with Crippen LogP contribution in [0.2, 0.25) is 0 Å². The van der Waals surface area contributed by atoms with Crippen molar-refractivity contribution >= 4 is 0 Å². The highest BCUT2D eigenvalue weighted by molar-refractivity contribution is 5.20. The molecule has 0 spiro atoms. The van der Waals surface area contributed by atoms with Crippen LogP contribution in [-0.2, 0) is 10.3 Å². The molecule has 3 heteroatoms. The van der Waals surface area contributed by atoms with Crippen molar-refractivity contribution in [2.24, 2.45) is 0 Å². The van der Waals surface area contributed by atoms with Gasteiger partial charge in [-0.3, -0.25) is 4.98 Å². The molecule has 0 aromatic carbocycles. The second-order valence-electron chi connectivity index (χ2n) is 4.19. The molecular formula is C12H17NO2. The van der Waals surface area contributed by atoms with Crippen molar-refractivity contribution in [2.75, 3.05) is 13.2 Å². The van der Waals surface area contributed by atoms with Crippen LogP contribution < -0.4 is 0 Å². The summed E-state index contributed by atoms with van der Waals surface area (Å²) in [5.41, 5.74) is 1.16. The van der Waals surface area contributed by atoms with Crippen LogP contribution in [0.25, 0.3) is 0 Å². The van der Waals surface area contributed by atoms with Crippen molar-refractivity contribution in [3.63, 3.8) is 0 Å². The van der Waals surface area contributed by atoms with Gasteiger partial charge in [0.2, 0.25) is 0 Å². The number of hydrogen-bond acceptors (Lipinski definition) is 3. The predicted molar refractivity (Wildman–Crippen MR) is 57.5 cm³/mol. The molecule has 0 amide bonds. The van der Waals surface area contributed by atoms with Crippen molar-refractivity contribution in [3.8, 4) is 0 Å². The van der Waals surface area contributed by atoms with Crippen LogP contribution in [0.3, 0.4) is 0 Å². The van der Waals surface area contributed by atoms with Gasteiger partial charge in [-0.2, -0.15) is 0 Å². The van der Waals surface area contributed by atoms with Gasteiger partial charge in [0.1, 0.15) is 0 Å². The van der Waals surface area contributed by atoms with E-state index in [9.17, 15) is 5.11 Å². The quantitative estimate of drug-likeness (QED) is 0.763. The Kier molecular flexibility index (Phi) is 3.03. The highest BCUT2D eigenvalue weighted by atomic mass is 16.5. The molecule has 2 rings (SSSR count). The Bertz CT molecular complexity index is 313. The van der Waals surface area contributed by atoms with Gasteiger partial charge in [0, 0.05) is 37.1 Å². The van der Waals surface area contributed by atoms with Crippen LogP contribution in [0.4, 0.5) is 0 Å². The zero-order valence-corrected chi connectivity index (χ0v) is 9.07. The molecule has 1 aliphatic rings. The highest BCUT2D eigenvalue weighted by Crippen LogP contribution is 2.31. The summed E-state index contributed by atoms with van der Waals surface area (Å²) in [6.07, 6.45) is 4.11. The molecule has 82 valence electrons. The number of nitrogens with zero attached hydrogens (tertiary/aromatic N) is 1. The molecule has 1 aliphatic heterocycles. The SMILES string of the molecule is Cc1ccc(C2(O)CCCOCC2)cn1. The molecule has 1 saturated heterocycles. The Morgan fingerprint density at radius 3 is 2.93 bits per heavy atom. The zero-order chi connectivity index (χ0) is 10.7. The van der Waals surface area contributed by atoms with E-state index in [0.29, 0.717) is 13.0 Å². The number of rotatable bonds is 1. The summed E-state index contributed by atoms with van der Waals surface area (Å²) in [4.78, 5) is 4.23. The van der Waals surface area contributed by atoms with Gasteiger partial charge in [0.05, 0.1) is 5.60 Å². The fourth-order valence-electron chi connectivity index (χ4n) is 1.97. The lowest BCUT2D eigenvalue weighted by molar-refractivity contribution is 0.0141. The minimum Gasteiger partial charge on any atom is -0.385 e. The van der Waals surface area contributed by atoms with E-state index in [4.69, 9.17) is 4.74 Å². The molecule has 3 nitrogen and oxygen atoms in total. The summed E-state index contributed by atoms with van der Waals surface area (Å²) in [5, 5.41) is 10.5.